The molecule has 0 radical (unpaired) electrons. The van der Waals surface area contributed by atoms with Gasteiger partial charge in [0.05, 0.1) is 12.9 Å². The van der Waals surface area contributed by atoms with Crippen LogP contribution >= 0.6 is 0 Å². The number of aliphatic imine (C=N–C) groups is 1. The molecular formula is C16H26N2O. The molecule has 0 aromatic heterocycles. The van der Waals surface area contributed by atoms with E-state index in [-0.39, 0.29) is 5.91 Å². The fourth-order valence-corrected chi connectivity index (χ4v) is 2.00. The van der Waals surface area contributed by atoms with Crippen molar-refractivity contribution in [2.24, 2.45) is 16.8 Å². The van der Waals surface area contributed by atoms with Gasteiger partial charge in [0.1, 0.15) is 0 Å². The number of carbonyl (C=O) groups excluding carboxylic acids is 1. The Labute approximate surface area is 116 Å². The topological polar surface area (TPSA) is 41.5 Å². The van der Waals surface area contributed by atoms with Crippen molar-refractivity contribution >= 4 is 12.2 Å². The molecule has 0 bridgehead atoms. The molecule has 3 nitrogen and oxygen atoms in total. The minimum Gasteiger partial charge on any atom is -0.317 e. The molecule has 0 unspecified atom stereocenters. The number of nitrogens with one attached hydrogen (secondary N) is 1. The van der Waals surface area contributed by atoms with Crippen LogP contribution in [0.2, 0.25) is 0 Å². The summed E-state index contributed by atoms with van der Waals surface area (Å²) in [5, 5.41) is 2.73. The SMILES string of the molecule is CC(C)CCC(=O)N/C=N/CC1=CC=CC[C@H](C)C1. The van der Waals surface area contributed by atoms with Gasteiger partial charge in [0, 0.05) is 6.42 Å². The van der Waals surface area contributed by atoms with Gasteiger partial charge in [0.25, 0.3) is 0 Å². The number of hydrogen-bond acceptors (Lipinski definition) is 2. The number of carbonyl (C=O) groups is 1. The van der Waals surface area contributed by atoms with E-state index < -0.39 is 0 Å². The zero-order valence-corrected chi connectivity index (χ0v) is 12.4. The number of allylic oxidation sites excluding steroid dienone is 3. The molecular weight excluding hydrogens is 236 g/mol. The Morgan fingerprint density at radius 3 is 3.11 bits per heavy atom. The summed E-state index contributed by atoms with van der Waals surface area (Å²) in [5.74, 6) is 1.30. The first-order valence-corrected chi connectivity index (χ1v) is 7.20. The van der Waals surface area contributed by atoms with E-state index in [1.807, 2.05) is 0 Å². The fraction of sp³-hybridized carbons (Fsp3) is 0.625. The van der Waals surface area contributed by atoms with Crippen molar-refractivity contribution in [2.45, 2.75) is 46.5 Å². The lowest BCUT2D eigenvalue weighted by Crippen LogP contribution is -2.21. The summed E-state index contributed by atoms with van der Waals surface area (Å²) in [4.78, 5) is 15.8. The van der Waals surface area contributed by atoms with Crippen molar-refractivity contribution in [1.82, 2.24) is 5.32 Å². The van der Waals surface area contributed by atoms with Crippen LogP contribution in [-0.4, -0.2) is 18.8 Å². The van der Waals surface area contributed by atoms with Crippen molar-refractivity contribution in [3.63, 3.8) is 0 Å². The van der Waals surface area contributed by atoms with Crippen molar-refractivity contribution in [3.8, 4) is 0 Å². The normalized spacial score (nSPS) is 19.6. The average molecular weight is 262 g/mol. The van der Waals surface area contributed by atoms with Crippen LogP contribution in [0.4, 0.5) is 0 Å². The van der Waals surface area contributed by atoms with Crippen LogP contribution in [0, 0.1) is 11.8 Å². The molecule has 106 valence electrons. The van der Waals surface area contributed by atoms with Gasteiger partial charge in [-0.25, -0.2) is 0 Å². The van der Waals surface area contributed by atoms with Crippen molar-refractivity contribution in [1.29, 1.82) is 0 Å². The summed E-state index contributed by atoms with van der Waals surface area (Å²) in [7, 11) is 0. The zero-order valence-electron chi connectivity index (χ0n) is 12.4. The third-order valence-corrected chi connectivity index (χ3v) is 3.18. The molecule has 0 aromatic carbocycles. The largest absolute Gasteiger partial charge is 0.317 e. The van der Waals surface area contributed by atoms with Crippen LogP contribution in [0.5, 0.6) is 0 Å². The van der Waals surface area contributed by atoms with Gasteiger partial charge in [-0.05, 0) is 36.7 Å². The molecule has 1 rings (SSSR count). The molecule has 1 amide bonds. The fourth-order valence-electron chi connectivity index (χ4n) is 2.00. The second-order valence-electron chi connectivity index (χ2n) is 5.77. The molecule has 0 spiro atoms. The average Bonchev–Trinajstić information content (AvgIpc) is 2.56. The molecule has 0 aromatic rings. The molecule has 1 aliphatic carbocycles. The highest BCUT2D eigenvalue weighted by molar-refractivity contribution is 5.87. The Morgan fingerprint density at radius 1 is 1.58 bits per heavy atom. The van der Waals surface area contributed by atoms with Gasteiger partial charge in [0.2, 0.25) is 5.91 Å². The predicted molar refractivity (Wildman–Crippen MR) is 81.2 cm³/mol. The standard InChI is InChI=1S/C16H26N2O/c1-13(2)8-9-16(19)18-12-17-11-15-7-5-4-6-14(3)10-15/h4-5,7,12-14H,6,8-11H2,1-3H3,(H,17,18,19)/t14-/m0/s1. The minimum atomic E-state index is 0.0561. The first-order valence-electron chi connectivity index (χ1n) is 7.20. The van der Waals surface area contributed by atoms with Crippen LogP contribution in [0.15, 0.2) is 28.8 Å². The molecule has 0 fully saturated rings. The smallest absolute Gasteiger partial charge is 0.225 e. The second kappa shape index (κ2) is 8.68. The van der Waals surface area contributed by atoms with E-state index in [9.17, 15) is 4.79 Å². The number of hydrogen-bond donors (Lipinski definition) is 1. The Balaban J connectivity index is 2.24. The highest BCUT2D eigenvalue weighted by Crippen LogP contribution is 2.18. The monoisotopic (exact) mass is 262 g/mol. The lowest BCUT2D eigenvalue weighted by atomic mass is 10.0. The molecule has 1 aliphatic rings. The summed E-state index contributed by atoms with van der Waals surface area (Å²) in [5.41, 5.74) is 1.33. The van der Waals surface area contributed by atoms with Crippen molar-refractivity contribution in [2.75, 3.05) is 6.54 Å². The van der Waals surface area contributed by atoms with E-state index in [1.165, 1.54) is 5.57 Å². The number of amides is 1. The Morgan fingerprint density at radius 2 is 2.37 bits per heavy atom. The molecule has 0 aliphatic heterocycles. The van der Waals surface area contributed by atoms with Gasteiger partial charge in [-0.3, -0.25) is 9.79 Å². The molecule has 1 N–H and O–H groups in total. The molecule has 0 saturated heterocycles. The molecule has 3 heteroatoms. The van der Waals surface area contributed by atoms with Crippen LogP contribution < -0.4 is 5.32 Å². The molecule has 0 heterocycles. The van der Waals surface area contributed by atoms with Gasteiger partial charge in [-0.1, -0.05) is 39.0 Å². The van der Waals surface area contributed by atoms with Gasteiger partial charge < -0.3 is 5.32 Å². The zero-order chi connectivity index (χ0) is 14.1. The highest BCUT2D eigenvalue weighted by atomic mass is 16.1. The lowest BCUT2D eigenvalue weighted by molar-refractivity contribution is -0.119. The molecule has 0 saturated carbocycles. The number of rotatable bonds is 6. The summed E-state index contributed by atoms with van der Waals surface area (Å²) in [6, 6.07) is 0. The predicted octanol–water partition coefficient (Wildman–Crippen LogP) is 3.48. The van der Waals surface area contributed by atoms with Gasteiger partial charge in [-0.15, -0.1) is 0 Å². The van der Waals surface area contributed by atoms with Gasteiger partial charge in [-0.2, -0.15) is 0 Å². The molecule has 19 heavy (non-hydrogen) atoms. The summed E-state index contributed by atoms with van der Waals surface area (Å²) in [6.07, 6.45) is 11.7. The van der Waals surface area contributed by atoms with Crippen molar-refractivity contribution in [3.05, 3.63) is 23.8 Å². The Hall–Kier alpha value is -1.38. The maximum atomic E-state index is 11.5. The van der Waals surface area contributed by atoms with Gasteiger partial charge in [0.15, 0.2) is 0 Å². The Bertz CT molecular complexity index is 367. The van der Waals surface area contributed by atoms with E-state index in [1.54, 1.807) is 6.34 Å². The maximum absolute atomic E-state index is 11.5. The van der Waals surface area contributed by atoms with Crippen LogP contribution in [0.3, 0.4) is 0 Å². The molecule has 1 atom stereocenters. The Kier molecular flexibility index (Phi) is 7.16. The minimum absolute atomic E-state index is 0.0561. The third kappa shape index (κ3) is 7.60. The summed E-state index contributed by atoms with van der Waals surface area (Å²) in [6.45, 7) is 7.17. The maximum Gasteiger partial charge on any atom is 0.225 e. The quantitative estimate of drug-likeness (QED) is 0.578. The number of nitrogens with zero attached hydrogens (tertiary/aromatic N) is 1. The van der Waals surface area contributed by atoms with Crippen LogP contribution in [0.1, 0.15) is 46.5 Å². The van der Waals surface area contributed by atoms with E-state index >= 15 is 0 Å². The van der Waals surface area contributed by atoms with Crippen LogP contribution in [0.25, 0.3) is 0 Å². The van der Waals surface area contributed by atoms with Crippen LogP contribution in [-0.2, 0) is 4.79 Å². The lowest BCUT2D eigenvalue weighted by Gasteiger charge is -2.08. The first-order chi connectivity index (χ1) is 9.08. The highest BCUT2D eigenvalue weighted by Gasteiger charge is 2.06. The third-order valence-electron chi connectivity index (χ3n) is 3.18. The van der Waals surface area contributed by atoms with E-state index in [4.69, 9.17) is 0 Å². The van der Waals surface area contributed by atoms with Gasteiger partial charge >= 0.3 is 0 Å². The second-order valence-corrected chi connectivity index (χ2v) is 5.77. The van der Waals surface area contributed by atoms with E-state index in [0.717, 1.165) is 19.3 Å². The van der Waals surface area contributed by atoms with E-state index in [0.29, 0.717) is 24.8 Å². The van der Waals surface area contributed by atoms with Crippen molar-refractivity contribution < 1.29 is 4.79 Å². The first kappa shape index (κ1) is 15.7. The summed E-state index contributed by atoms with van der Waals surface area (Å²) >= 11 is 0. The summed E-state index contributed by atoms with van der Waals surface area (Å²) < 4.78 is 0. The van der Waals surface area contributed by atoms with E-state index in [2.05, 4.69) is 49.3 Å².